The first kappa shape index (κ1) is 25.5. The van der Waals surface area contributed by atoms with Crippen LogP contribution in [0.5, 0.6) is 5.75 Å². The van der Waals surface area contributed by atoms with Gasteiger partial charge in [-0.15, -0.1) is 0 Å². The molecule has 3 rings (SSSR count). The van der Waals surface area contributed by atoms with Crippen molar-refractivity contribution in [2.75, 3.05) is 25.6 Å². The minimum Gasteiger partial charge on any atom is -0.495 e. The van der Waals surface area contributed by atoms with Crippen LogP contribution in [-0.4, -0.2) is 52.5 Å². The van der Waals surface area contributed by atoms with Crippen LogP contribution in [0.15, 0.2) is 48.8 Å². The van der Waals surface area contributed by atoms with Crippen molar-refractivity contribution in [3.8, 4) is 5.75 Å². The number of amides is 2. The molecule has 0 aliphatic carbocycles. The first-order valence-electron chi connectivity index (χ1n) is 11.2. The van der Waals surface area contributed by atoms with Gasteiger partial charge >= 0.3 is 12.0 Å². The van der Waals surface area contributed by atoms with Gasteiger partial charge in [0.05, 0.1) is 25.9 Å². The van der Waals surface area contributed by atoms with Gasteiger partial charge in [-0.3, -0.25) is 9.78 Å². The standard InChI is InChI=1S/C26H30N4O5/c1-6-35-25(32)24-17(2)23(18(3)29(24)4)21(31)16-30(15-19-10-9-13-27-14-19)26(33)28-20-11-7-8-12-22(20)34-5/h7-14H,6,15-16H2,1-5H3,(H,28,33). The van der Waals surface area contributed by atoms with E-state index in [1.54, 1.807) is 75.1 Å². The summed E-state index contributed by atoms with van der Waals surface area (Å²) in [5.74, 6) is -0.275. The smallest absolute Gasteiger partial charge is 0.355 e. The third-order valence-corrected chi connectivity index (χ3v) is 5.74. The highest BCUT2D eigenvalue weighted by atomic mass is 16.5. The van der Waals surface area contributed by atoms with Gasteiger partial charge in [0, 0.05) is 37.2 Å². The van der Waals surface area contributed by atoms with Crippen molar-refractivity contribution in [2.45, 2.75) is 27.3 Å². The number of aromatic nitrogens is 2. The van der Waals surface area contributed by atoms with Crippen molar-refractivity contribution in [3.63, 3.8) is 0 Å². The third kappa shape index (κ3) is 5.68. The number of carbonyl (C=O) groups is 3. The Bertz CT molecular complexity index is 1220. The number of pyridine rings is 1. The Morgan fingerprint density at radius 1 is 1.11 bits per heavy atom. The zero-order valence-corrected chi connectivity index (χ0v) is 20.6. The first-order chi connectivity index (χ1) is 16.8. The maximum absolute atomic E-state index is 13.5. The van der Waals surface area contributed by atoms with Gasteiger partial charge in [0.15, 0.2) is 5.78 Å². The van der Waals surface area contributed by atoms with Crippen molar-refractivity contribution in [1.29, 1.82) is 0 Å². The summed E-state index contributed by atoms with van der Waals surface area (Å²) in [7, 11) is 3.23. The number of hydrogen-bond acceptors (Lipinski definition) is 6. The molecule has 2 heterocycles. The molecule has 1 aromatic carbocycles. The Morgan fingerprint density at radius 2 is 1.86 bits per heavy atom. The molecule has 0 bridgehead atoms. The van der Waals surface area contributed by atoms with Crippen molar-refractivity contribution in [3.05, 3.63) is 76.9 Å². The molecule has 0 fully saturated rings. The van der Waals surface area contributed by atoms with Crippen LogP contribution in [0.3, 0.4) is 0 Å². The van der Waals surface area contributed by atoms with E-state index < -0.39 is 12.0 Å². The second kappa shape index (κ2) is 11.3. The molecule has 0 aliphatic rings. The molecule has 0 atom stereocenters. The quantitative estimate of drug-likeness (QED) is 0.366. The van der Waals surface area contributed by atoms with Crippen LogP contribution >= 0.6 is 0 Å². The fourth-order valence-electron chi connectivity index (χ4n) is 3.98. The lowest BCUT2D eigenvalue weighted by Crippen LogP contribution is -2.38. The maximum Gasteiger partial charge on any atom is 0.355 e. The SMILES string of the molecule is CCOC(=O)c1c(C)c(C(=O)CN(Cc2cccnc2)C(=O)Nc2ccccc2OC)c(C)n1C. The molecule has 0 unspecified atom stereocenters. The molecule has 35 heavy (non-hydrogen) atoms. The summed E-state index contributed by atoms with van der Waals surface area (Å²) in [6, 6.07) is 10.2. The van der Waals surface area contributed by atoms with Crippen LogP contribution in [0.2, 0.25) is 0 Å². The molecule has 2 amide bonds. The lowest BCUT2D eigenvalue weighted by molar-refractivity contribution is 0.0514. The van der Waals surface area contributed by atoms with Crippen LogP contribution in [0.1, 0.15) is 44.6 Å². The van der Waals surface area contributed by atoms with E-state index >= 15 is 0 Å². The van der Waals surface area contributed by atoms with Gasteiger partial charge < -0.3 is 24.3 Å². The predicted molar refractivity (Wildman–Crippen MR) is 132 cm³/mol. The van der Waals surface area contributed by atoms with E-state index in [0.717, 1.165) is 5.56 Å². The second-order valence-corrected chi connectivity index (χ2v) is 7.98. The molecule has 3 aromatic rings. The Hall–Kier alpha value is -4.14. The van der Waals surface area contributed by atoms with Crippen LogP contribution in [-0.2, 0) is 18.3 Å². The minimum absolute atomic E-state index is 0.163. The average Bonchev–Trinajstić information content (AvgIpc) is 3.07. The lowest BCUT2D eigenvalue weighted by Gasteiger charge is -2.23. The molecule has 2 aromatic heterocycles. The molecular weight excluding hydrogens is 448 g/mol. The fourth-order valence-corrected chi connectivity index (χ4v) is 3.98. The number of rotatable bonds is 9. The molecule has 0 radical (unpaired) electrons. The highest BCUT2D eigenvalue weighted by Gasteiger charge is 2.28. The number of esters is 1. The molecule has 0 saturated carbocycles. The number of nitrogens with one attached hydrogen (secondary N) is 1. The van der Waals surface area contributed by atoms with Gasteiger partial charge in [-0.05, 0) is 50.1 Å². The number of hydrogen-bond donors (Lipinski definition) is 1. The van der Waals surface area contributed by atoms with E-state index in [2.05, 4.69) is 10.3 Å². The molecule has 184 valence electrons. The normalized spacial score (nSPS) is 10.5. The molecule has 9 nitrogen and oxygen atoms in total. The largest absolute Gasteiger partial charge is 0.495 e. The van der Waals surface area contributed by atoms with Crippen LogP contribution in [0, 0.1) is 13.8 Å². The number of benzene rings is 1. The molecule has 1 N–H and O–H groups in total. The molecular formula is C26H30N4O5. The van der Waals surface area contributed by atoms with Crippen molar-refractivity contribution < 1.29 is 23.9 Å². The summed E-state index contributed by atoms with van der Waals surface area (Å²) in [5.41, 5.74) is 3.13. The number of urea groups is 1. The van der Waals surface area contributed by atoms with Crippen LogP contribution in [0.4, 0.5) is 10.5 Å². The molecule has 0 saturated heterocycles. The van der Waals surface area contributed by atoms with E-state index in [-0.39, 0.29) is 25.5 Å². The van der Waals surface area contributed by atoms with E-state index in [9.17, 15) is 14.4 Å². The fraction of sp³-hybridized carbons (Fsp3) is 0.308. The number of ketones is 1. The predicted octanol–water partition coefficient (Wildman–Crippen LogP) is 4.14. The van der Waals surface area contributed by atoms with Gasteiger partial charge in [0.25, 0.3) is 0 Å². The summed E-state index contributed by atoms with van der Waals surface area (Å²) in [6.45, 7) is 5.40. The third-order valence-electron chi connectivity index (χ3n) is 5.74. The number of carbonyl (C=O) groups excluding carboxylic acids is 3. The summed E-state index contributed by atoms with van der Waals surface area (Å²) in [4.78, 5) is 44.8. The van der Waals surface area contributed by atoms with Crippen molar-refractivity contribution >= 4 is 23.5 Å². The number of ether oxygens (including phenoxy) is 2. The van der Waals surface area contributed by atoms with Crippen LogP contribution in [0.25, 0.3) is 0 Å². The second-order valence-electron chi connectivity index (χ2n) is 7.98. The highest BCUT2D eigenvalue weighted by molar-refractivity contribution is 6.05. The maximum atomic E-state index is 13.5. The molecule has 9 heteroatoms. The lowest BCUT2D eigenvalue weighted by atomic mass is 10.0. The first-order valence-corrected chi connectivity index (χ1v) is 11.2. The van der Waals surface area contributed by atoms with Gasteiger partial charge in [0.2, 0.25) is 0 Å². The summed E-state index contributed by atoms with van der Waals surface area (Å²) in [5, 5.41) is 2.83. The molecule has 0 spiro atoms. The van der Waals surface area contributed by atoms with E-state index in [1.807, 2.05) is 6.07 Å². The van der Waals surface area contributed by atoms with E-state index in [1.165, 1.54) is 12.0 Å². The minimum atomic E-state index is -0.490. The van der Waals surface area contributed by atoms with Gasteiger partial charge in [-0.1, -0.05) is 18.2 Å². The number of Topliss-reactive ketones (excluding diaryl/α,β-unsaturated/α-hetero) is 1. The Kier molecular flexibility index (Phi) is 8.25. The zero-order valence-electron chi connectivity index (χ0n) is 20.6. The highest BCUT2D eigenvalue weighted by Crippen LogP contribution is 2.25. The Labute approximate surface area is 204 Å². The number of methoxy groups -OCH3 is 1. The summed E-state index contributed by atoms with van der Waals surface area (Å²) < 4.78 is 12.1. The van der Waals surface area contributed by atoms with E-state index in [4.69, 9.17) is 9.47 Å². The number of nitrogens with zero attached hydrogens (tertiary/aromatic N) is 3. The topological polar surface area (TPSA) is 103 Å². The number of anilines is 1. The summed E-state index contributed by atoms with van der Waals surface area (Å²) in [6.07, 6.45) is 3.28. The average molecular weight is 479 g/mol. The van der Waals surface area contributed by atoms with Gasteiger partial charge in [-0.2, -0.15) is 0 Å². The zero-order chi connectivity index (χ0) is 25.5. The van der Waals surface area contributed by atoms with Crippen molar-refractivity contribution in [2.24, 2.45) is 7.05 Å². The Morgan fingerprint density at radius 3 is 2.51 bits per heavy atom. The van der Waals surface area contributed by atoms with E-state index in [0.29, 0.717) is 34.0 Å². The van der Waals surface area contributed by atoms with Gasteiger partial charge in [-0.25, -0.2) is 9.59 Å². The summed E-state index contributed by atoms with van der Waals surface area (Å²) >= 11 is 0. The van der Waals surface area contributed by atoms with Crippen LogP contribution < -0.4 is 10.1 Å². The van der Waals surface area contributed by atoms with Crippen molar-refractivity contribution in [1.82, 2.24) is 14.5 Å². The van der Waals surface area contributed by atoms with Gasteiger partial charge in [0.1, 0.15) is 11.4 Å². The Balaban J connectivity index is 1.92. The molecule has 0 aliphatic heterocycles. The monoisotopic (exact) mass is 478 g/mol. The number of para-hydroxylation sites is 2.